The minimum absolute atomic E-state index is 0.0994. The Bertz CT molecular complexity index is 354. The van der Waals surface area contributed by atoms with Crippen molar-refractivity contribution in [3.8, 4) is 0 Å². The average molecular weight is 220 g/mol. The van der Waals surface area contributed by atoms with Crippen LogP contribution in [0, 0.1) is 13.8 Å². The van der Waals surface area contributed by atoms with Crippen LogP contribution < -0.4 is 10.6 Å². The van der Waals surface area contributed by atoms with Crippen LogP contribution in [0.2, 0.25) is 0 Å². The van der Waals surface area contributed by atoms with Gasteiger partial charge in [0.2, 0.25) is 5.91 Å². The van der Waals surface area contributed by atoms with Crippen LogP contribution in [0.5, 0.6) is 0 Å². The zero-order valence-electron chi connectivity index (χ0n) is 10.3. The van der Waals surface area contributed by atoms with Gasteiger partial charge in [0.25, 0.3) is 0 Å². The number of rotatable bonds is 4. The van der Waals surface area contributed by atoms with Gasteiger partial charge >= 0.3 is 0 Å². The van der Waals surface area contributed by atoms with E-state index < -0.39 is 0 Å². The molecule has 1 rings (SSSR count). The van der Waals surface area contributed by atoms with Crippen LogP contribution in [0.4, 0.5) is 5.69 Å². The summed E-state index contributed by atoms with van der Waals surface area (Å²) >= 11 is 0. The van der Waals surface area contributed by atoms with E-state index in [-0.39, 0.29) is 5.91 Å². The highest BCUT2D eigenvalue weighted by molar-refractivity contribution is 5.94. The molecule has 0 aromatic heterocycles. The highest BCUT2D eigenvalue weighted by atomic mass is 16.2. The van der Waals surface area contributed by atoms with E-state index >= 15 is 0 Å². The van der Waals surface area contributed by atoms with E-state index in [2.05, 4.69) is 0 Å². The molecule has 0 radical (unpaired) electrons. The maximum absolute atomic E-state index is 11.9. The molecule has 0 unspecified atom stereocenters. The van der Waals surface area contributed by atoms with Crippen LogP contribution in [0.15, 0.2) is 18.2 Å². The number of aryl methyl sites for hydroxylation is 2. The number of nitrogens with two attached hydrogens (primary N) is 1. The monoisotopic (exact) mass is 220 g/mol. The molecule has 0 heterocycles. The fraction of sp³-hybridized carbons (Fsp3) is 0.462. The van der Waals surface area contributed by atoms with Gasteiger partial charge in [0, 0.05) is 25.2 Å². The van der Waals surface area contributed by atoms with Gasteiger partial charge in [-0.1, -0.05) is 18.2 Å². The Labute approximate surface area is 97.2 Å². The maximum atomic E-state index is 11.9. The molecule has 1 amide bonds. The number of carbonyl (C=O) groups excluding carboxylic acids is 1. The number of hydrogen-bond acceptors (Lipinski definition) is 2. The van der Waals surface area contributed by atoms with Gasteiger partial charge in [0.15, 0.2) is 0 Å². The summed E-state index contributed by atoms with van der Waals surface area (Å²) in [5.74, 6) is 0.0994. The third-order valence-electron chi connectivity index (χ3n) is 2.68. The average Bonchev–Trinajstić information content (AvgIpc) is 2.24. The predicted molar refractivity (Wildman–Crippen MR) is 67.6 cm³/mol. The topological polar surface area (TPSA) is 46.3 Å². The largest absolute Gasteiger partial charge is 0.330 e. The van der Waals surface area contributed by atoms with Crippen LogP contribution in [-0.4, -0.2) is 19.0 Å². The Balaban J connectivity index is 3.08. The van der Waals surface area contributed by atoms with Gasteiger partial charge in [-0.25, -0.2) is 0 Å². The van der Waals surface area contributed by atoms with Crippen molar-refractivity contribution in [3.05, 3.63) is 29.3 Å². The summed E-state index contributed by atoms with van der Waals surface area (Å²) in [6.45, 7) is 7.13. The van der Waals surface area contributed by atoms with Crippen molar-refractivity contribution in [1.82, 2.24) is 0 Å². The van der Waals surface area contributed by atoms with E-state index in [1.165, 1.54) is 0 Å². The van der Waals surface area contributed by atoms with E-state index in [1.54, 1.807) is 0 Å². The van der Waals surface area contributed by atoms with Crippen LogP contribution in [-0.2, 0) is 4.79 Å². The summed E-state index contributed by atoms with van der Waals surface area (Å²) in [7, 11) is 0. The molecule has 0 bridgehead atoms. The number of nitrogens with zero attached hydrogens (tertiary/aromatic N) is 1. The highest BCUT2D eigenvalue weighted by Crippen LogP contribution is 2.24. The first-order chi connectivity index (χ1) is 7.61. The second-order valence-corrected chi connectivity index (χ2v) is 3.92. The van der Waals surface area contributed by atoms with Gasteiger partial charge in [0.1, 0.15) is 0 Å². The van der Waals surface area contributed by atoms with E-state index in [9.17, 15) is 4.79 Å². The standard InChI is InChI=1S/C13H20N2O/c1-4-15(12(16)8-9-14)13-10(2)6-5-7-11(13)3/h5-7H,4,8-9,14H2,1-3H3. The molecule has 3 nitrogen and oxygen atoms in total. The smallest absolute Gasteiger partial charge is 0.228 e. The van der Waals surface area contributed by atoms with Crippen molar-refractivity contribution in [2.45, 2.75) is 27.2 Å². The first kappa shape index (κ1) is 12.7. The molecular formula is C13H20N2O. The number of amides is 1. The van der Waals surface area contributed by atoms with Gasteiger partial charge in [-0.15, -0.1) is 0 Å². The summed E-state index contributed by atoms with van der Waals surface area (Å²) < 4.78 is 0. The first-order valence-corrected chi connectivity index (χ1v) is 5.68. The van der Waals surface area contributed by atoms with Crippen molar-refractivity contribution in [2.75, 3.05) is 18.0 Å². The second-order valence-electron chi connectivity index (χ2n) is 3.92. The molecule has 3 heteroatoms. The molecule has 0 aliphatic heterocycles. The fourth-order valence-corrected chi connectivity index (χ4v) is 1.95. The predicted octanol–water partition coefficient (Wildman–Crippen LogP) is 2.01. The molecule has 0 aliphatic rings. The molecule has 0 spiro atoms. The minimum Gasteiger partial charge on any atom is -0.330 e. The van der Waals surface area contributed by atoms with Crippen molar-refractivity contribution in [2.24, 2.45) is 5.73 Å². The molecular weight excluding hydrogens is 200 g/mol. The Kier molecular flexibility index (Phi) is 4.50. The molecule has 2 N–H and O–H groups in total. The molecule has 0 saturated heterocycles. The Morgan fingerprint density at radius 1 is 1.31 bits per heavy atom. The van der Waals surface area contributed by atoms with Crippen LogP contribution in [0.25, 0.3) is 0 Å². The lowest BCUT2D eigenvalue weighted by Crippen LogP contribution is -2.33. The van der Waals surface area contributed by atoms with Crippen molar-refractivity contribution in [1.29, 1.82) is 0 Å². The van der Waals surface area contributed by atoms with E-state index in [4.69, 9.17) is 5.73 Å². The Morgan fingerprint density at radius 3 is 2.31 bits per heavy atom. The first-order valence-electron chi connectivity index (χ1n) is 5.68. The second kappa shape index (κ2) is 5.66. The van der Waals surface area contributed by atoms with Gasteiger partial charge in [-0.05, 0) is 31.9 Å². The number of para-hydroxylation sites is 1. The van der Waals surface area contributed by atoms with Crippen LogP contribution >= 0.6 is 0 Å². The lowest BCUT2D eigenvalue weighted by atomic mass is 10.1. The number of hydrogen-bond donors (Lipinski definition) is 1. The fourth-order valence-electron chi connectivity index (χ4n) is 1.95. The van der Waals surface area contributed by atoms with Crippen molar-refractivity contribution >= 4 is 11.6 Å². The summed E-state index contributed by atoms with van der Waals surface area (Å²) in [4.78, 5) is 13.7. The maximum Gasteiger partial charge on any atom is 0.228 e. The molecule has 0 aliphatic carbocycles. The SMILES string of the molecule is CCN(C(=O)CCN)c1c(C)cccc1C. The van der Waals surface area contributed by atoms with Crippen molar-refractivity contribution < 1.29 is 4.79 Å². The van der Waals surface area contributed by atoms with Gasteiger partial charge in [0.05, 0.1) is 0 Å². The minimum atomic E-state index is 0.0994. The highest BCUT2D eigenvalue weighted by Gasteiger charge is 2.16. The number of benzene rings is 1. The lowest BCUT2D eigenvalue weighted by molar-refractivity contribution is -0.118. The zero-order chi connectivity index (χ0) is 12.1. The quantitative estimate of drug-likeness (QED) is 0.843. The third-order valence-corrected chi connectivity index (χ3v) is 2.68. The Morgan fingerprint density at radius 2 is 1.88 bits per heavy atom. The summed E-state index contributed by atoms with van der Waals surface area (Å²) in [6.07, 6.45) is 0.404. The van der Waals surface area contributed by atoms with E-state index in [0.29, 0.717) is 19.5 Å². The molecule has 0 saturated carbocycles. The summed E-state index contributed by atoms with van der Waals surface area (Å²) in [5, 5.41) is 0. The van der Waals surface area contributed by atoms with Crippen LogP contribution in [0.3, 0.4) is 0 Å². The summed E-state index contributed by atoms with van der Waals surface area (Å²) in [5.41, 5.74) is 8.72. The normalized spacial score (nSPS) is 10.2. The zero-order valence-corrected chi connectivity index (χ0v) is 10.3. The number of carbonyl (C=O) groups is 1. The van der Waals surface area contributed by atoms with Gasteiger partial charge in [-0.3, -0.25) is 4.79 Å². The Hall–Kier alpha value is -1.35. The molecule has 88 valence electrons. The third kappa shape index (κ3) is 2.61. The molecule has 0 fully saturated rings. The van der Waals surface area contributed by atoms with Crippen LogP contribution in [0.1, 0.15) is 24.5 Å². The van der Waals surface area contributed by atoms with Crippen molar-refractivity contribution in [3.63, 3.8) is 0 Å². The molecule has 0 atom stereocenters. The molecule has 1 aromatic rings. The molecule has 1 aromatic carbocycles. The van der Waals surface area contributed by atoms with E-state index in [1.807, 2.05) is 43.9 Å². The number of anilines is 1. The van der Waals surface area contributed by atoms with Gasteiger partial charge < -0.3 is 10.6 Å². The van der Waals surface area contributed by atoms with Gasteiger partial charge in [-0.2, -0.15) is 0 Å². The molecule has 16 heavy (non-hydrogen) atoms. The van der Waals surface area contributed by atoms with E-state index in [0.717, 1.165) is 16.8 Å². The lowest BCUT2D eigenvalue weighted by Gasteiger charge is -2.24. The summed E-state index contributed by atoms with van der Waals surface area (Å²) in [6, 6.07) is 6.07.